The Balaban J connectivity index is 1.11. The van der Waals surface area contributed by atoms with Gasteiger partial charge in [-0.25, -0.2) is 0 Å². The largest absolute Gasteiger partial charge is 0.495 e. The van der Waals surface area contributed by atoms with Crippen molar-refractivity contribution in [3.63, 3.8) is 0 Å². The van der Waals surface area contributed by atoms with Gasteiger partial charge in [0.05, 0.1) is 16.6 Å². The Hall–Kier alpha value is -6.46. The highest BCUT2D eigenvalue weighted by Gasteiger charge is 2.52. The second kappa shape index (κ2) is 14.4. The topological polar surface area (TPSA) is 21.7 Å². The molecule has 0 radical (unpaired) electrons. The van der Waals surface area contributed by atoms with Crippen molar-refractivity contribution in [2.45, 2.75) is 44.3 Å². The van der Waals surface area contributed by atoms with E-state index in [1.54, 1.807) is 0 Å². The van der Waals surface area contributed by atoms with Gasteiger partial charge in [0.25, 0.3) is 0 Å². The molecule has 1 saturated heterocycles. The molecule has 0 saturated carbocycles. The predicted molar refractivity (Wildman–Crippen MR) is 245 cm³/mol. The maximum absolute atomic E-state index is 6.53. The monoisotopic (exact) mass is 763 g/mol. The Labute approximate surface area is 348 Å². The van der Waals surface area contributed by atoms with Crippen molar-refractivity contribution in [2.75, 3.05) is 4.90 Å². The lowest BCUT2D eigenvalue weighted by Crippen LogP contribution is -2.41. The number of hydrogen-bond acceptors (Lipinski definition) is 3. The number of nitrogens with zero attached hydrogens (tertiary/aromatic N) is 1. The van der Waals surface area contributed by atoms with Crippen LogP contribution in [0.4, 0.5) is 17.1 Å². The molecule has 2 aliphatic rings. The molecule has 10 rings (SSSR count). The first-order chi connectivity index (χ1) is 28.7. The summed E-state index contributed by atoms with van der Waals surface area (Å²) in [6.07, 6.45) is 0. The zero-order valence-corrected chi connectivity index (χ0v) is 34.0. The molecule has 59 heavy (non-hydrogen) atoms. The second-order valence-electron chi connectivity index (χ2n) is 16.7. The van der Waals surface area contributed by atoms with E-state index in [0.717, 1.165) is 33.7 Å². The van der Waals surface area contributed by atoms with E-state index in [0.29, 0.717) is 0 Å². The summed E-state index contributed by atoms with van der Waals surface area (Å²) in [6.45, 7) is 8.41. The van der Waals surface area contributed by atoms with Gasteiger partial charge in [-0.2, -0.15) is 0 Å². The second-order valence-corrected chi connectivity index (χ2v) is 16.7. The highest BCUT2D eigenvalue weighted by Crippen LogP contribution is 2.57. The fraction of sp³-hybridized carbons (Fsp3) is 0.127. The summed E-state index contributed by atoms with van der Waals surface area (Å²) >= 11 is 0. The third-order valence-corrected chi connectivity index (χ3v) is 12.8. The van der Waals surface area contributed by atoms with E-state index < -0.39 is 23.7 Å². The van der Waals surface area contributed by atoms with Crippen molar-refractivity contribution in [3.05, 3.63) is 229 Å². The Morgan fingerprint density at radius 3 is 1.41 bits per heavy atom. The molecule has 8 aromatic carbocycles. The quantitative estimate of drug-likeness (QED) is 0.144. The molecule has 286 valence electrons. The molecular weight excluding hydrogens is 717 g/mol. The zero-order chi connectivity index (χ0) is 40.2. The summed E-state index contributed by atoms with van der Waals surface area (Å²) in [5.74, 6) is 0. The summed E-state index contributed by atoms with van der Waals surface area (Å²) in [4.78, 5) is 2.38. The number of benzene rings is 8. The minimum atomic E-state index is -0.457. The van der Waals surface area contributed by atoms with Crippen LogP contribution in [0.2, 0.25) is 0 Å². The van der Waals surface area contributed by atoms with Crippen LogP contribution in [0, 0.1) is 0 Å². The summed E-state index contributed by atoms with van der Waals surface area (Å²) in [6, 6.07) is 74.9. The van der Waals surface area contributed by atoms with Crippen LogP contribution in [0.15, 0.2) is 206 Å². The van der Waals surface area contributed by atoms with Crippen LogP contribution in [0.1, 0.15) is 49.9 Å². The van der Waals surface area contributed by atoms with E-state index in [9.17, 15) is 0 Å². The van der Waals surface area contributed by atoms with Gasteiger partial charge in [0.15, 0.2) is 0 Å². The van der Waals surface area contributed by atoms with Gasteiger partial charge in [-0.05, 0) is 125 Å². The third kappa shape index (κ3) is 6.14. The van der Waals surface area contributed by atoms with E-state index >= 15 is 0 Å². The molecule has 0 aromatic heterocycles. The minimum Gasteiger partial charge on any atom is -0.399 e. The Morgan fingerprint density at radius 1 is 0.373 bits per heavy atom. The molecule has 3 nitrogen and oxygen atoms in total. The minimum absolute atomic E-state index is 0.427. The summed E-state index contributed by atoms with van der Waals surface area (Å²) in [5.41, 5.74) is 15.2. The summed E-state index contributed by atoms with van der Waals surface area (Å²) in [7, 11) is -0.455. The summed E-state index contributed by atoms with van der Waals surface area (Å²) < 4.78 is 13.1. The molecule has 1 fully saturated rings. The van der Waals surface area contributed by atoms with E-state index in [2.05, 4.69) is 239 Å². The lowest BCUT2D eigenvalue weighted by molar-refractivity contribution is 0.00578. The van der Waals surface area contributed by atoms with Gasteiger partial charge in [0.2, 0.25) is 0 Å². The SMILES string of the molecule is CC1(C)OB(c2ccccc2-c2ccc(N(c3ccc(-c4ccccc4)cc3)c3ccc4c(c3)-c3ccccc3C4(c3ccccc3)c3ccccc3)cc2)OC1(C)C. The lowest BCUT2D eigenvalue weighted by Gasteiger charge is -2.34. The van der Waals surface area contributed by atoms with Gasteiger partial charge in [-0.15, -0.1) is 0 Å². The van der Waals surface area contributed by atoms with Crippen LogP contribution in [0.3, 0.4) is 0 Å². The average molecular weight is 764 g/mol. The van der Waals surface area contributed by atoms with E-state index in [1.165, 1.54) is 44.5 Å². The van der Waals surface area contributed by atoms with Crippen molar-refractivity contribution < 1.29 is 9.31 Å². The van der Waals surface area contributed by atoms with Gasteiger partial charge in [-0.1, -0.05) is 170 Å². The van der Waals surface area contributed by atoms with Crippen LogP contribution in [-0.2, 0) is 14.7 Å². The first-order valence-electron chi connectivity index (χ1n) is 20.6. The predicted octanol–water partition coefficient (Wildman–Crippen LogP) is 13.2. The highest BCUT2D eigenvalue weighted by molar-refractivity contribution is 6.63. The maximum Gasteiger partial charge on any atom is 0.495 e. The van der Waals surface area contributed by atoms with Crippen LogP contribution in [0.25, 0.3) is 33.4 Å². The smallest absolute Gasteiger partial charge is 0.399 e. The van der Waals surface area contributed by atoms with Crippen molar-refractivity contribution >= 4 is 29.6 Å². The Kier molecular flexibility index (Phi) is 9.01. The van der Waals surface area contributed by atoms with Gasteiger partial charge in [-0.3, -0.25) is 0 Å². The number of anilines is 3. The molecule has 0 atom stereocenters. The highest BCUT2D eigenvalue weighted by atomic mass is 16.7. The van der Waals surface area contributed by atoms with Gasteiger partial charge < -0.3 is 14.2 Å². The number of rotatable bonds is 8. The first-order valence-corrected chi connectivity index (χ1v) is 20.6. The van der Waals surface area contributed by atoms with Crippen molar-refractivity contribution in [1.29, 1.82) is 0 Å². The van der Waals surface area contributed by atoms with Gasteiger partial charge in [0.1, 0.15) is 0 Å². The average Bonchev–Trinajstić information content (AvgIpc) is 3.70. The van der Waals surface area contributed by atoms with E-state index in [4.69, 9.17) is 9.31 Å². The number of fused-ring (bicyclic) bond motifs is 3. The van der Waals surface area contributed by atoms with E-state index in [1.807, 2.05) is 0 Å². The lowest BCUT2D eigenvalue weighted by atomic mass is 9.68. The number of hydrogen-bond donors (Lipinski definition) is 0. The molecular formula is C55H46BNO2. The molecule has 8 aromatic rings. The standard InChI is InChI=1S/C55H46BNO2/c1-53(2)54(3,4)59-56(58-53)52-27-17-15-24-47(52)41-30-34-45(35-31-41)57(44-32-28-40(29-33-44)39-18-8-5-9-19-39)46-36-37-51-49(38-46)48-25-14-16-26-50(48)55(51,42-20-10-6-11-21-42)43-22-12-7-13-23-43/h5-38H,1-4H3. The molecule has 0 unspecified atom stereocenters. The normalized spacial score (nSPS) is 15.7. The van der Waals surface area contributed by atoms with Crippen LogP contribution in [-0.4, -0.2) is 18.3 Å². The molecule has 0 bridgehead atoms. The molecule has 0 amide bonds. The van der Waals surface area contributed by atoms with Gasteiger partial charge in [0, 0.05) is 17.1 Å². The van der Waals surface area contributed by atoms with Crippen LogP contribution < -0.4 is 10.4 Å². The fourth-order valence-electron chi connectivity index (χ4n) is 9.18. The van der Waals surface area contributed by atoms with E-state index in [-0.39, 0.29) is 0 Å². The first kappa shape index (κ1) is 36.9. The zero-order valence-electron chi connectivity index (χ0n) is 34.0. The van der Waals surface area contributed by atoms with Crippen molar-refractivity contribution in [3.8, 4) is 33.4 Å². The molecule has 0 spiro atoms. The molecule has 4 heteroatoms. The molecule has 0 N–H and O–H groups in total. The van der Waals surface area contributed by atoms with Crippen molar-refractivity contribution in [1.82, 2.24) is 0 Å². The Morgan fingerprint density at radius 2 is 0.814 bits per heavy atom. The fourth-order valence-corrected chi connectivity index (χ4v) is 9.18. The summed E-state index contributed by atoms with van der Waals surface area (Å²) in [5, 5.41) is 0. The van der Waals surface area contributed by atoms with Crippen LogP contribution >= 0.6 is 0 Å². The molecule has 1 aliphatic carbocycles. The molecule has 1 heterocycles. The Bertz CT molecular complexity index is 2710. The van der Waals surface area contributed by atoms with Gasteiger partial charge >= 0.3 is 7.12 Å². The third-order valence-electron chi connectivity index (χ3n) is 12.8. The molecule has 1 aliphatic heterocycles. The van der Waals surface area contributed by atoms with Crippen LogP contribution in [0.5, 0.6) is 0 Å². The van der Waals surface area contributed by atoms with Crippen molar-refractivity contribution in [2.24, 2.45) is 0 Å². The maximum atomic E-state index is 6.53.